The van der Waals surface area contributed by atoms with E-state index in [1.54, 1.807) is 6.92 Å². The zero-order valence-electron chi connectivity index (χ0n) is 18.9. The van der Waals surface area contributed by atoms with Gasteiger partial charge in [-0.1, -0.05) is 58.5 Å². The summed E-state index contributed by atoms with van der Waals surface area (Å²) < 4.78 is 7.05. The minimum absolute atomic E-state index is 0.0696. The summed E-state index contributed by atoms with van der Waals surface area (Å²) >= 11 is 1.11. The van der Waals surface area contributed by atoms with Gasteiger partial charge < -0.3 is 15.9 Å². The Hall–Kier alpha value is -2.75. The van der Waals surface area contributed by atoms with Crippen molar-refractivity contribution in [3.05, 3.63) is 35.7 Å². The largest absolute Gasteiger partial charge is 0.486 e. The number of thioether (sulfide) groups is 1. The first kappa shape index (κ1) is 24.5. The van der Waals surface area contributed by atoms with Crippen LogP contribution in [0.2, 0.25) is 0 Å². The molecule has 0 aliphatic carbocycles. The highest BCUT2D eigenvalue weighted by Crippen LogP contribution is 2.25. The van der Waals surface area contributed by atoms with Crippen molar-refractivity contribution in [2.24, 2.45) is 5.92 Å². The lowest BCUT2D eigenvalue weighted by Crippen LogP contribution is -2.43. The van der Waals surface area contributed by atoms with E-state index in [0.717, 1.165) is 11.8 Å². The Morgan fingerprint density at radius 3 is 2.39 bits per heavy atom. The van der Waals surface area contributed by atoms with Crippen molar-refractivity contribution in [3.8, 4) is 5.75 Å². The van der Waals surface area contributed by atoms with Crippen molar-refractivity contribution in [1.82, 2.24) is 25.5 Å². The second kappa shape index (κ2) is 10.5. The molecule has 0 radical (unpaired) electrons. The normalized spacial score (nSPS) is 12.5. The minimum Gasteiger partial charge on any atom is -0.486 e. The number of nitrogen functional groups attached to an aromatic ring is 1. The Balaban J connectivity index is 1.89. The molecule has 1 unspecified atom stereocenters. The fourth-order valence-electron chi connectivity index (χ4n) is 2.45. The Bertz CT molecular complexity index is 890. The van der Waals surface area contributed by atoms with Crippen LogP contribution in [-0.2, 0) is 16.8 Å². The van der Waals surface area contributed by atoms with Crippen LogP contribution >= 0.6 is 11.8 Å². The number of carbonyl (C=O) groups is 2. The van der Waals surface area contributed by atoms with E-state index < -0.39 is 17.2 Å². The molecule has 0 aliphatic rings. The molecule has 2 aromatic rings. The number of nitrogens with one attached hydrogen (secondary N) is 2. The fourth-order valence-corrected chi connectivity index (χ4v) is 3.24. The number of aromatic nitrogens is 3. The maximum atomic E-state index is 12.2. The quantitative estimate of drug-likeness (QED) is 0.419. The fraction of sp³-hybridized carbons (Fsp3) is 0.524. The third-order valence-electron chi connectivity index (χ3n) is 4.38. The first-order valence-corrected chi connectivity index (χ1v) is 11.0. The van der Waals surface area contributed by atoms with Crippen LogP contribution in [0.3, 0.4) is 0 Å². The van der Waals surface area contributed by atoms with E-state index in [4.69, 9.17) is 10.6 Å². The van der Waals surface area contributed by atoms with Crippen LogP contribution in [0, 0.1) is 5.92 Å². The predicted octanol–water partition coefficient (Wildman–Crippen LogP) is 2.83. The summed E-state index contributed by atoms with van der Waals surface area (Å²) in [7, 11) is 0. The zero-order chi connectivity index (χ0) is 23.2. The molecule has 1 aromatic heterocycles. The molecule has 1 atom stereocenters. The maximum Gasteiger partial charge on any atom is 0.321 e. The van der Waals surface area contributed by atoms with Gasteiger partial charge in [0.2, 0.25) is 11.1 Å². The van der Waals surface area contributed by atoms with Crippen molar-refractivity contribution in [2.75, 3.05) is 12.4 Å². The van der Waals surface area contributed by atoms with Crippen LogP contribution in [-0.4, -0.2) is 38.6 Å². The number of amides is 3. The molecule has 0 saturated heterocycles. The molecule has 170 valence electrons. The lowest BCUT2D eigenvalue weighted by molar-refractivity contribution is -0.119. The number of imide groups is 1. The van der Waals surface area contributed by atoms with Gasteiger partial charge in [0.05, 0.1) is 5.25 Å². The molecular weight excluding hydrogens is 416 g/mol. The molecule has 0 bridgehead atoms. The molecule has 3 amide bonds. The molecule has 4 N–H and O–H groups in total. The average Bonchev–Trinajstić information content (AvgIpc) is 3.03. The third-order valence-corrected chi connectivity index (χ3v) is 5.44. The number of benzene rings is 1. The summed E-state index contributed by atoms with van der Waals surface area (Å²) in [5, 5.41) is 12.8. The highest BCUT2D eigenvalue weighted by atomic mass is 32.2. The first-order chi connectivity index (χ1) is 14.5. The number of rotatable bonds is 8. The van der Waals surface area contributed by atoms with Crippen molar-refractivity contribution < 1.29 is 14.3 Å². The molecule has 0 fully saturated rings. The molecule has 0 spiro atoms. The van der Waals surface area contributed by atoms with Crippen molar-refractivity contribution in [3.63, 3.8) is 0 Å². The second-order valence-electron chi connectivity index (χ2n) is 8.69. The van der Waals surface area contributed by atoms with Crippen molar-refractivity contribution in [2.45, 2.75) is 64.0 Å². The third kappa shape index (κ3) is 7.46. The summed E-state index contributed by atoms with van der Waals surface area (Å²) in [6, 6.07) is 7.35. The van der Waals surface area contributed by atoms with Gasteiger partial charge >= 0.3 is 6.03 Å². The van der Waals surface area contributed by atoms with Gasteiger partial charge in [-0.25, -0.2) is 9.47 Å². The summed E-state index contributed by atoms with van der Waals surface area (Å²) in [5.41, 5.74) is 1.28. The molecule has 9 nitrogen and oxygen atoms in total. The Morgan fingerprint density at radius 1 is 1.16 bits per heavy atom. The van der Waals surface area contributed by atoms with Crippen LogP contribution < -0.4 is 21.2 Å². The number of nitrogens with zero attached hydrogens (tertiary/aromatic N) is 3. The maximum absolute atomic E-state index is 12.2. The first-order valence-electron chi connectivity index (χ1n) is 10.2. The molecule has 0 saturated carbocycles. The highest BCUT2D eigenvalue weighted by Gasteiger charge is 2.21. The average molecular weight is 449 g/mol. The smallest absolute Gasteiger partial charge is 0.321 e. The molecule has 2 rings (SSSR count). The van der Waals surface area contributed by atoms with Gasteiger partial charge in [0.15, 0.2) is 5.82 Å². The van der Waals surface area contributed by atoms with Crippen molar-refractivity contribution >= 4 is 23.7 Å². The van der Waals surface area contributed by atoms with Gasteiger partial charge in [0.1, 0.15) is 12.4 Å². The van der Waals surface area contributed by atoms with E-state index in [0.29, 0.717) is 29.2 Å². The number of urea groups is 1. The van der Waals surface area contributed by atoms with Gasteiger partial charge in [-0.3, -0.25) is 10.1 Å². The number of ether oxygens (including phenoxy) is 1. The molecule has 1 heterocycles. The van der Waals surface area contributed by atoms with E-state index in [9.17, 15) is 9.59 Å². The van der Waals surface area contributed by atoms with E-state index in [-0.39, 0.29) is 12.0 Å². The van der Waals surface area contributed by atoms with Gasteiger partial charge in [-0.2, -0.15) is 0 Å². The monoisotopic (exact) mass is 448 g/mol. The van der Waals surface area contributed by atoms with E-state index >= 15 is 0 Å². The highest BCUT2D eigenvalue weighted by molar-refractivity contribution is 8.00. The standard InChI is InChI=1S/C21H32N6O3S/c1-13(2)11-23-19(29)24-18(28)14(3)31-20-26-25-17(27(20)22)12-30-16-9-7-15(8-10-16)21(4,5)6/h7-10,13-14H,11-12,22H2,1-6H3,(H2,23,24,28,29). The van der Waals surface area contributed by atoms with Crippen LogP contribution in [0.4, 0.5) is 4.79 Å². The number of carbonyl (C=O) groups excluding carboxylic acids is 2. The summed E-state index contributed by atoms with van der Waals surface area (Å²) in [5.74, 6) is 7.03. The number of hydrogen-bond acceptors (Lipinski definition) is 7. The Labute approximate surface area is 187 Å². The second-order valence-corrected chi connectivity index (χ2v) is 9.99. The van der Waals surface area contributed by atoms with Crippen LogP contribution in [0.15, 0.2) is 29.4 Å². The topological polar surface area (TPSA) is 124 Å². The molecule has 31 heavy (non-hydrogen) atoms. The Morgan fingerprint density at radius 2 is 1.81 bits per heavy atom. The van der Waals surface area contributed by atoms with Gasteiger partial charge in [-0.05, 0) is 36.0 Å². The minimum atomic E-state index is -0.588. The number of nitrogens with two attached hydrogens (primary N) is 1. The zero-order valence-corrected chi connectivity index (χ0v) is 19.7. The van der Waals surface area contributed by atoms with Gasteiger partial charge in [-0.15, -0.1) is 10.2 Å². The van der Waals surface area contributed by atoms with E-state index in [2.05, 4.69) is 41.6 Å². The van der Waals surface area contributed by atoms with Crippen LogP contribution in [0.1, 0.15) is 52.9 Å². The molecule has 0 aliphatic heterocycles. The predicted molar refractivity (Wildman–Crippen MR) is 121 cm³/mol. The lowest BCUT2D eigenvalue weighted by Gasteiger charge is -2.19. The van der Waals surface area contributed by atoms with Crippen LogP contribution in [0.5, 0.6) is 5.75 Å². The lowest BCUT2D eigenvalue weighted by atomic mass is 9.87. The summed E-state index contributed by atoms with van der Waals surface area (Å²) in [6.45, 7) is 12.7. The molecule has 10 heteroatoms. The van der Waals surface area contributed by atoms with Crippen LogP contribution in [0.25, 0.3) is 0 Å². The Kier molecular flexibility index (Phi) is 8.32. The van der Waals surface area contributed by atoms with Crippen molar-refractivity contribution in [1.29, 1.82) is 0 Å². The van der Waals surface area contributed by atoms with E-state index in [1.807, 2.05) is 38.1 Å². The van der Waals surface area contributed by atoms with Gasteiger partial charge in [0.25, 0.3) is 0 Å². The molecule has 1 aromatic carbocycles. The molecular formula is C21H32N6O3S. The van der Waals surface area contributed by atoms with E-state index in [1.165, 1.54) is 10.2 Å². The van der Waals surface area contributed by atoms with Gasteiger partial charge in [0, 0.05) is 6.54 Å². The number of hydrogen-bond donors (Lipinski definition) is 3. The summed E-state index contributed by atoms with van der Waals surface area (Å²) in [6.07, 6.45) is 0. The SMILES string of the molecule is CC(C)CNC(=O)NC(=O)C(C)Sc1nnc(COc2ccc(C(C)(C)C)cc2)n1N. The summed E-state index contributed by atoms with van der Waals surface area (Å²) in [4.78, 5) is 24.0.